The van der Waals surface area contributed by atoms with Crippen LogP contribution in [-0.4, -0.2) is 25.8 Å². The van der Waals surface area contributed by atoms with E-state index in [1.807, 2.05) is 0 Å². The molecule has 2 N–H and O–H groups in total. The van der Waals surface area contributed by atoms with E-state index in [1.165, 1.54) is 14.2 Å². The second-order valence-corrected chi connectivity index (χ2v) is 1.83. The second-order valence-electron chi connectivity index (χ2n) is 1.83. The number of hydrogen-bond acceptors (Lipinski definition) is 5. The molecule has 0 saturated heterocycles. The van der Waals surface area contributed by atoms with Crippen molar-refractivity contribution in [2.45, 2.75) is 0 Å². The summed E-state index contributed by atoms with van der Waals surface area (Å²) in [6.07, 6.45) is 1.10. The molecule has 0 aliphatic heterocycles. The van der Waals surface area contributed by atoms with Gasteiger partial charge in [0.15, 0.2) is 0 Å². The van der Waals surface area contributed by atoms with Gasteiger partial charge in [-0.2, -0.15) is 5.26 Å². The fourth-order valence-electron chi connectivity index (χ4n) is 0.474. The van der Waals surface area contributed by atoms with Crippen molar-refractivity contribution < 1.29 is 9.53 Å². The van der Waals surface area contributed by atoms with Gasteiger partial charge in [-0.1, -0.05) is 0 Å². The van der Waals surface area contributed by atoms with E-state index in [0.29, 0.717) is 0 Å². The molecule has 0 spiro atoms. The van der Waals surface area contributed by atoms with Crippen LogP contribution in [0.4, 0.5) is 0 Å². The van der Waals surface area contributed by atoms with Crippen LogP contribution in [0.1, 0.15) is 0 Å². The Kier molecular flexibility index (Phi) is 4.16. The summed E-state index contributed by atoms with van der Waals surface area (Å²) >= 11 is 0. The van der Waals surface area contributed by atoms with E-state index in [9.17, 15) is 4.79 Å². The average Bonchev–Trinajstić information content (AvgIpc) is 2.12. The minimum absolute atomic E-state index is 0.144. The SMILES string of the molecule is CN/C(C#N)=C\C(=N)C(=O)OC. The summed E-state index contributed by atoms with van der Waals surface area (Å²) < 4.78 is 4.26. The largest absolute Gasteiger partial charge is 0.464 e. The maximum atomic E-state index is 10.7. The molecular formula is C7H9N3O2. The molecule has 0 aromatic heterocycles. The number of esters is 1. The normalized spacial score (nSPS) is 9.92. The van der Waals surface area contributed by atoms with Crippen LogP contribution in [-0.2, 0) is 9.53 Å². The lowest BCUT2D eigenvalue weighted by Crippen LogP contribution is -2.15. The van der Waals surface area contributed by atoms with Crippen molar-refractivity contribution in [3.8, 4) is 6.07 Å². The van der Waals surface area contributed by atoms with Crippen molar-refractivity contribution in [3.63, 3.8) is 0 Å². The van der Waals surface area contributed by atoms with Gasteiger partial charge in [-0.3, -0.25) is 5.41 Å². The van der Waals surface area contributed by atoms with Crippen LogP contribution in [0.25, 0.3) is 0 Å². The maximum absolute atomic E-state index is 10.7. The summed E-state index contributed by atoms with van der Waals surface area (Å²) in [5, 5.41) is 18.0. The molecule has 0 saturated carbocycles. The number of nitrogens with zero attached hydrogens (tertiary/aromatic N) is 1. The van der Waals surface area contributed by atoms with Crippen LogP contribution in [0.3, 0.4) is 0 Å². The van der Waals surface area contributed by atoms with Crippen molar-refractivity contribution in [2.75, 3.05) is 14.2 Å². The molecule has 0 amide bonds. The third-order valence-electron chi connectivity index (χ3n) is 1.08. The predicted octanol–water partition coefficient (Wildman–Crippen LogP) is -0.194. The molecular weight excluding hydrogens is 158 g/mol. The van der Waals surface area contributed by atoms with E-state index in [2.05, 4.69) is 10.1 Å². The molecule has 64 valence electrons. The van der Waals surface area contributed by atoms with E-state index in [-0.39, 0.29) is 11.4 Å². The molecule has 0 fully saturated rings. The number of methoxy groups -OCH3 is 1. The first-order valence-electron chi connectivity index (χ1n) is 3.12. The van der Waals surface area contributed by atoms with Gasteiger partial charge in [0.2, 0.25) is 0 Å². The van der Waals surface area contributed by atoms with Crippen molar-refractivity contribution in [3.05, 3.63) is 11.8 Å². The number of ether oxygens (including phenoxy) is 1. The van der Waals surface area contributed by atoms with E-state index >= 15 is 0 Å². The fraction of sp³-hybridized carbons (Fsp3) is 0.286. The molecule has 5 nitrogen and oxygen atoms in total. The second kappa shape index (κ2) is 4.91. The van der Waals surface area contributed by atoms with Crippen LogP contribution in [0.5, 0.6) is 0 Å². The fourth-order valence-corrected chi connectivity index (χ4v) is 0.474. The van der Waals surface area contributed by atoms with E-state index < -0.39 is 5.97 Å². The zero-order valence-electron chi connectivity index (χ0n) is 6.84. The molecule has 0 atom stereocenters. The van der Waals surface area contributed by atoms with Gasteiger partial charge in [0.1, 0.15) is 17.5 Å². The number of hydrogen-bond donors (Lipinski definition) is 2. The van der Waals surface area contributed by atoms with Gasteiger partial charge in [0.25, 0.3) is 0 Å². The van der Waals surface area contributed by atoms with Gasteiger partial charge in [-0.25, -0.2) is 4.79 Å². The minimum Gasteiger partial charge on any atom is -0.464 e. The van der Waals surface area contributed by atoms with Gasteiger partial charge in [0.05, 0.1) is 7.11 Å². The number of rotatable bonds is 3. The number of carbonyl (C=O) groups is 1. The first-order valence-corrected chi connectivity index (χ1v) is 3.12. The van der Waals surface area contributed by atoms with Crippen LogP contribution in [0.15, 0.2) is 11.8 Å². The number of nitrogens with one attached hydrogen (secondary N) is 2. The highest BCUT2D eigenvalue weighted by Gasteiger charge is 2.06. The van der Waals surface area contributed by atoms with Gasteiger partial charge in [-0.05, 0) is 0 Å². The maximum Gasteiger partial charge on any atom is 0.356 e. The third-order valence-corrected chi connectivity index (χ3v) is 1.08. The van der Waals surface area contributed by atoms with Crippen LogP contribution in [0, 0.1) is 16.7 Å². The summed E-state index contributed by atoms with van der Waals surface area (Å²) in [5.74, 6) is -0.766. The smallest absolute Gasteiger partial charge is 0.356 e. The van der Waals surface area contributed by atoms with Crippen molar-refractivity contribution in [1.29, 1.82) is 10.7 Å². The standard InChI is InChI=1S/C7H9N3O2/c1-10-5(4-8)3-6(9)7(11)12-2/h3,9-10H,1-2H3/b5-3-,9-6?. The number of allylic oxidation sites excluding steroid dienone is 1. The van der Waals surface area contributed by atoms with Gasteiger partial charge in [0, 0.05) is 13.1 Å². The van der Waals surface area contributed by atoms with Crippen LogP contribution >= 0.6 is 0 Å². The van der Waals surface area contributed by atoms with Crippen molar-refractivity contribution >= 4 is 11.7 Å². The molecule has 0 aliphatic carbocycles. The molecule has 0 aromatic carbocycles. The Hall–Kier alpha value is -1.83. The topological polar surface area (TPSA) is 86.0 Å². The minimum atomic E-state index is -0.766. The Bertz CT molecular complexity index is 262. The zero-order chi connectivity index (χ0) is 9.56. The number of nitriles is 1. The van der Waals surface area contributed by atoms with E-state index in [1.54, 1.807) is 6.07 Å². The zero-order valence-corrected chi connectivity index (χ0v) is 6.84. The monoisotopic (exact) mass is 167 g/mol. The molecule has 0 unspecified atom stereocenters. The first kappa shape index (κ1) is 10.2. The summed E-state index contributed by atoms with van der Waals surface area (Å²) in [5.41, 5.74) is -0.214. The van der Waals surface area contributed by atoms with E-state index in [4.69, 9.17) is 10.7 Å². The third kappa shape index (κ3) is 2.84. The molecule has 0 aromatic rings. The summed E-state index contributed by atoms with van der Waals surface area (Å²) in [6.45, 7) is 0. The van der Waals surface area contributed by atoms with Gasteiger partial charge < -0.3 is 10.1 Å². The quantitative estimate of drug-likeness (QED) is 0.346. The Balaban J connectivity index is 4.44. The van der Waals surface area contributed by atoms with Crippen molar-refractivity contribution in [2.24, 2.45) is 0 Å². The number of carbonyl (C=O) groups excluding carboxylic acids is 1. The lowest BCUT2D eigenvalue weighted by atomic mass is 10.3. The molecule has 0 heterocycles. The van der Waals surface area contributed by atoms with Crippen LogP contribution in [0.2, 0.25) is 0 Å². The molecule has 0 rings (SSSR count). The highest BCUT2D eigenvalue weighted by Crippen LogP contribution is 1.88. The Labute approximate surface area is 70.1 Å². The summed E-state index contributed by atoms with van der Waals surface area (Å²) in [7, 11) is 2.70. The van der Waals surface area contributed by atoms with E-state index in [0.717, 1.165) is 6.08 Å². The molecule has 0 radical (unpaired) electrons. The Morgan fingerprint density at radius 1 is 1.75 bits per heavy atom. The van der Waals surface area contributed by atoms with Gasteiger partial charge >= 0.3 is 5.97 Å². The molecule has 5 heteroatoms. The Morgan fingerprint density at radius 2 is 2.33 bits per heavy atom. The first-order chi connectivity index (χ1) is 5.65. The summed E-state index contributed by atoms with van der Waals surface area (Å²) in [6, 6.07) is 1.76. The average molecular weight is 167 g/mol. The highest BCUT2D eigenvalue weighted by atomic mass is 16.5. The van der Waals surface area contributed by atoms with Gasteiger partial charge in [-0.15, -0.1) is 0 Å². The summed E-state index contributed by atoms with van der Waals surface area (Å²) in [4.78, 5) is 10.7. The molecule has 0 aliphatic rings. The lowest BCUT2D eigenvalue weighted by molar-refractivity contribution is -0.132. The lowest BCUT2D eigenvalue weighted by Gasteiger charge is -1.97. The Morgan fingerprint density at radius 3 is 2.67 bits per heavy atom. The highest BCUT2D eigenvalue weighted by molar-refractivity contribution is 6.39. The predicted molar refractivity (Wildman–Crippen MR) is 42.5 cm³/mol. The molecule has 12 heavy (non-hydrogen) atoms. The van der Waals surface area contributed by atoms with Crippen LogP contribution < -0.4 is 5.32 Å². The van der Waals surface area contributed by atoms with Crippen molar-refractivity contribution in [1.82, 2.24) is 5.32 Å². The molecule has 0 bridgehead atoms.